The van der Waals surface area contributed by atoms with Gasteiger partial charge >= 0.3 is 0 Å². The van der Waals surface area contributed by atoms with Gasteiger partial charge in [-0.05, 0) is 42.2 Å². The van der Waals surface area contributed by atoms with Crippen LogP contribution in [0.5, 0.6) is 5.75 Å². The van der Waals surface area contributed by atoms with Gasteiger partial charge in [0.1, 0.15) is 11.6 Å². The molecule has 0 aromatic heterocycles. The first kappa shape index (κ1) is 14.7. The van der Waals surface area contributed by atoms with Crippen LogP contribution in [0.25, 0.3) is 0 Å². The third-order valence-corrected chi connectivity index (χ3v) is 4.80. The molecular weight excluding hydrogens is 310 g/mol. The normalized spacial score (nSPS) is 18.8. The minimum Gasteiger partial charge on any atom is -0.493 e. The maximum atomic E-state index is 13.6. The summed E-state index contributed by atoms with van der Waals surface area (Å²) in [6.07, 6.45) is 0.817. The molecular formula is C17H15Cl2FO. The standard InChI is InChI=1S/C17H15Cl2FO/c1-10-8-13(14(18)9-15(10)20)17(19)12-6-7-21-16-5-3-2-4-11(12)16/h2-5,8-9,12,17H,6-7H2,1H3. The zero-order valence-corrected chi connectivity index (χ0v) is 13.1. The largest absolute Gasteiger partial charge is 0.493 e. The minimum atomic E-state index is -0.306. The van der Waals surface area contributed by atoms with E-state index in [4.69, 9.17) is 27.9 Å². The van der Waals surface area contributed by atoms with E-state index in [0.29, 0.717) is 17.2 Å². The number of alkyl halides is 1. The van der Waals surface area contributed by atoms with E-state index in [1.54, 1.807) is 13.0 Å². The quantitative estimate of drug-likeness (QED) is 0.650. The summed E-state index contributed by atoms with van der Waals surface area (Å²) in [5.41, 5.74) is 2.42. The fourth-order valence-electron chi connectivity index (χ4n) is 2.78. The molecule has 0 saturated heterocycles. The van der Waals surface area contributed by atoms with E-state index in [-0.39, 0.29) is 17.1 Å². The number of hydrogen-bond donors (Lipinski definition) is 0. The lowest BCUT2D eigenvalue weighted by atomic mass is 9.86. The Morgan fingerprint density at radius 3 is 2.86 bits per heavy atom. The fraction of sp³-hybridized carbons (Fsp3) is 0.294. The summed E-state index contributed by atoms with van der Waals surface area (Å²) in [5.74, 6) is 0.674. The van der Waals surface area contributed by atoms with E-state index in [1.807, 2.05) is 24.3 Å². The van der Waals surface area contributed by atoms with Crippen LogP contribution in [-0.4, -0.2) is 6.61 Å². The van der Waals surface area contributed by atoms with Crippen molar-refractivity contribution in [1.82, 2.24) is 0 Å². The predicted octanol–water partition coefficient (Wildman–Crippen LogP) is 5.63. The smallest absolute Gasteiger partial charge is 0.127 e. The van der Waals surface area contributed by atoms with Gasteiger partial charge in [0, 0.05) is 10.9 Å². The highest BCUT2D eigenvalue weighted by molar-refractivity contribution is 6.33. The molecule has 1 aliphatic heterocycles. The zero-order valence-electron chi connectivity index (χ0n) is 11.6. The maximum absolute atomic E-state index is 13.6. The summed E-state index contributed by atoms with van der Waals surface area (Å²) in [6.45, 7) is 2.35. The molecule has 0 amide bonds. The second-order valence-corrected chi connectivity index (χ2v) is 6.18. The number of fused-ring (bicyclic) bond motifs is 1. The van der Waals surface area contributed by atoms with E-state index in [2.05, 4.69) is 0 Å². The van der Waals surface area contributed by atoms with Gasteiger partial charge in [-0.1, -0.05) is 35.9 Å². The van der Waals surface area contributed by atoms with Gasteiger partial charge in [-0.3, -0.25) is 0 Å². The molecule has 4 heteroatoms. The number of aryl methyl sites for hydroxylation is 1. The van der Waals surface area contributed by atoms with Crippen molar-refractivity contribution in [3.63, 3.8) is 0 Å². The molecule has 0 fully saturated rings. The molecule has 0 N–H and O–H groups in total. The van der Waals surface area contributed by atoms with Crippen LogP contribution in [0.2, 0.25) is 5.02 Å². The highest BCUT2D eigenvalue weighted by Gasteiger charge is 2.30. The van der Waals surface area contributed by atoms with Gasteiger partial charge in [0.05, 0.1) is 12.0 Å². The maximum Gasteiger partial charge on any atom is 0.127 e. The lowest BCUT2D eigenvalue weighted by Crippen LogP contribution is -2.18. The van der Waals surface area contributed by atoms with Crippen LogP contribution in [0.4, 0.5) is 4.39 Å². The monoisotopic (exact) mass is 324 g/mol. The summed E-state index contributed by atoms with van der Waals surface area (Å²) < 4.78 is 19.2. The van der Waals surface area contributed by atoms with Gasteiger partial charge < -0.3 is 4.74 Å². The zero-order chi connectivity index (χ0) is 15.0. The molecule has 2 aromatic carbocycles. The second kappa shape index (κ2) is 5.86. The van der Waals surface area contributed by atoms with Crippen molar-refractivity contribution in [3.8, 4) is 5.75 Å². The van der Waals surface area contributed by atoms with Crippen molar-refractivity contribution in [2.24, 2.45) is 0 Å². The number of hydrogen-bond acceptors (Lipinski definition) is 1. The van der Waals surface area contributed by atoms with Crippen molar-refractivity contribution in [3.05, 3.63) is 63.9 Å². The number of rotatable bonds is 2. The molecule has 0 saturated carbocycles. The SMILES string of the molecule is Cc1cc(C(Cl)C2CCOc3ccccc32)c(Cl)cc1F. The summed E-state index contributed by atoms with van der Waals surface area (Å²) in [4.78, 5) is 0. The fourth-order valence-corrected chi connectivity index (χ4v) is 3.55. The molecule has 1 nitrogen and oxygen atoms in total. The topological polar surface area (TPSA) is 9.23 Å². The molecule has 2 atom stereocenters. The van der Waals surface area contributed by atoms with Gasteiger partial charge in [-0.2, -0.15) is 0 Å². The highest BCUT2D eigenvalue weighted by atomic mass is 35.5. The number of ether oxygens (including phenoxy) is 1. The Bertz CT molecular complexity index is 672. The highest BCUT2D eigenvalue weighted by Crippen LogP contribution is 2.46. The van der Waals surface area contributed by atoms with Crippen molar-refractivity contribution < 1.29 is 9.13 Å². The van der Waals surface area contributed by atoms with Crippen molar-refractivity contribution in [2.75, 3.05) is 6.61 Å². The molecule has 0 aliphatic carbocycles. The Hall–Kier alpha value is -1.25. The predicted molar refractivity (Wildman–Crippen MR) is 84.0 cm³/mol. The Morgan fingerprint density at radius 1 is 1.29 bits per heavy atom. The van der Waals surface area contributed by atoms with Crippen LogP contribution in [0, 0.1) is 12.7 Å². The Labute approximate surface area is 133 Å². The van der Waals surface area contributed by atoms with Gasteiger partial charge in [-0.25, -0.2) is 4.39 Å². The number of para-hydroxylation sites is 1. The lowest BCUT2D eigenvalue weighted by molar-refractivity contribution is 0.265. The Balaban J connectivity index is 2.00. The molecule has 110 valence electrons. The van der Waals surface area contributed by atoms with E-state index in [9.17, 15) is 4.39 Å². The summed E-state index contributed by atoms with van der Waals surface area (Å²) >= 11 is 12.9. The van der Waals surface area contributed by atoms with Crippen LogP contribution in [0.15, 0.2) is 36.4 Å². The summed E-state index contributed by atoms with van der Waals surface area (Å²) in [5, 5.41) is 0.0731. The minimum absolute atomic E-state index is 0.110. The van der Waals surface area contributed by atoms with Crippen LogP contribution in [-0.2, 0) is 0 Å². The van der Waals surface area contributed by atoms with Gasteiger partial charge in [0.25, 0.3) is 0 Å². The molecule has 2 unspecified atom stereocenters. The molecule has 3 rings (SSSR count). The van der Waals surface area contributed by atoms with Crippen LogP contribution >= 0.6 is 23.2 Å². The van der Waals surface area contributed by atoms with Crippen molar-refractivity contribution >= 4 is 23.2 Å². The number of halogens is 3. The van der Waals surface area contributed by atoms with E-state index in [1.165, 1.54) is 6.07 Å². The van der Waals surface area contributed by atoms with Crippen molar-refractivity contribution in [2.45, 2.75) is 24.6 Å². The third-order valence-electron chi connectivity index (χ3n) is 3.93. The molecule has 21 heavy (non-hydrogen) atoms. The molecule has 1 heterocycles. The molecule has 0 radical (unpaired) electrons. The van der Waals surface area contributed by atoms with Crippen LogP contribution in [0.3, 0.4) is 0 Å². The average molecular weight is 325 g/mol. The van der Waals surface area contributed by atoms with Gasteiger partial charge in [-0.15, -0.1) is 11.6 Å². The molecule has 1 aliphatic rings. The molecule has 2 aromatic rings. The van der Waals surface area contributed by atoms with Gasteiger partial charge in [0.15, 0.2) is 0 Å². The summed E-state index contributed by atoms with van der Waals surface area (Å²) in [6, 6.07) is 11.0. The number of benzene rings is 2. The average Bonchev–Trinajstić information content (AvgIpc) is 2.49. The van der Waals surface area contributed by atoms with E-state index in [0.717, 1.165) is 23.3 Å². The van der Waals surface area contributed by atoms with E-state index >= 15 is 0 Å². The molecule has 0 bridgehead atoms. The lowest BCUT2D eigenvalue weighted by Gasteiger charge is -2.30. The first-order chi connectivity index (χ1) is 10.1. The van der Waals surface area contributed by atoms with Crippen LogP contribution in [0.1, 0.15) is 34.4 Å². The van der Waals surface area contributed by atoms with E-state index < -0.39 is 0 Å². The Morgan fingerprint density at radius 2 is 2.05 bits per heavy atom. The third kappa shape index (κ3) is 2.75. The van der Waals surface area contributed by atoms with Crippen molar-refractivity contribution in [1.29, 1.82) is 0 Å². The second-order valence-electron chi connectivity index (χ2n) is 5.31. The summed E-state index contributed by atoms with van der Waals surface area (Å²) in [7, 11) is 0. The first-order valence-electron chi connectivity index (χ1n) is 6.89. The Kier molecular flexibility index (Phi) is 4.10. The molecule has 0 spiro atoms. The first-order valence-corrected chi connectivity index (χ1v) is 7.70. The van der Waals surface area contributed by atoms with Gasteiger partial charge in [0.2, 0.25) is 0 Å². The van der Waals surface area contributed by atoms with Crippen LogP contribution < -0.4 is 4.74 Å².